The summed E-state index contributed by atoms with van der Waals surface area (Å²) in [7, 11) is 1.24. The Kier molecular flexibility index (Phi) is 2.95. The summed E-state index contributed by atoms with van der Waals surface area (Å²) in [5, 5.41) is 0.116. The molecule has 1 aromatic rings. The van der Waals surface area contributed by atoms with Crippen LogP contribution in [0.2, 0.25) is 10.0 Å². The van der Waals surface area contributed by atoms with Gasteiger partial charge in [-0.05, 0) is 0 Å². The maximum absolute atomic E-state index is 11.1. The molecule has 2 N–H and O–H groups in total. The fraction of sp³-hybridized carbons (Fsp3) is 0.143. The van der Waals surface area contributed by atoms with E-state index >= 15 is 0 Å². The fourth-order valence-corrected chi connectivity index (χ4v) is 1.10. The molecule has 0 aliphatic heterocycles. The molecule has 0 saturated carbocycles. The third-order valence-electron chi connectivity index (χ3n) is 1.39. The predicted octanol–water partition coefficient (Wildman–Crippen LogP) is 1.76. The minimum absolute atomic E-state index is 0.0565. The zero-order valence-corrected chi connectivity index (χ0v) is 8.19. The molecule has 0 amide bonds. The van der Waals surface area contributed by atoms with Gasteiger partial charge < -0.3 is 10.5 Å². The van der Waals surface area contributed by atoms with Crippen molar-refractivity contribution >= 4 is 35.0 Å². The zero-order chi connectivity index (χ0) is 10.0. The molecule has 1 rings (SSSR count). The van der Waals surface area contributed by atoms with Gasteiger partial charge in [-0.15, -0.1) is 0 Å². The lowest BCUT2D eigenvalue weighted by atomic mass is 10.3. The van der Waals surface area contributed by atoms with Crippen LogP contribution >= 0.6 is 23.2 Å². The van der Waals surface area contributed by atoms with E-state index in [2.05, 4.69) is 9.72 Å². The second kappa shape index (κ2) is 3.81. The summed E-state index contributed by atoms with van der Waals surface area (Å²) < 4.78 is 4.45. The summed E-state index contributed by atoms with van der Waals surface area (Å²) in [6.45, 7) is 0. The summed E-state index contributed by atoms with van der Waals surface area (Å²) in [4.78, 5) is 14.7. The van der Waals surface area contributed by atoms with Gasteiger partial charge in [0.15, 0.2) is 0 Å². The van der Waals surface area contributed by atoms with E-state index in [1.807, 2.05) is 0 Å². The molecule has 0 aromatic carbocycles. The van der Waals surface area contributed by atoms with Crippen molar-refractivity contribution in [1.29, 1.82) is 0 Å². The lowest BCUT2D eigenvalue weighted by Gasteiger charge is -2.04. The van der Waals surface area contributed by atoms with Crippen molar-refractivity contribution in [3.63, 3.8) is 0 Å². The number of nitrogen functional groups attached to an aromatic ring is 1. The molecule has 0 aliphatic carbocycles. The highest BCUT2D eigenvalue weighted by atomic mass is 35.5. The van der Waals surface area contributed by atoms with Gasteiger partial charge in [0.2, 0.25) is 0 Å². The van der Waals surface area contributed by atoms with Crippen LogP contribution in [-0.4, -0.2) is 18.1 Å². The highest BCUT2D eigenvalue weighted by Crippen LogP contribution is 2.29. The van der Waals surface area contributed by atoms with Crippen molar-refractivity contribution in [2.45, 2.75) is 0 Å². The molecule has 1 heterocycles. The van der Waals surface area contributed by atoms with E-state index in [0.29, 0.717) is 0 Å². The Bertz CT molecular complexity index is 355. The first-order valence-electron chi connectivity index (χ1n) is 3.25. The fourth-order valence-electron chi connectivity index (χ4n) is 0.730. The number of aromatic nitrogens is 1. The highest BCUT2D eigenvalue weighted by molar-refractivity contribution is 6.45. The monoisotopic (exact) mass is 220 g/mol. The van der Waals surface area contributed by atoms with Gasteiger partial charge in [-0.3, -0.25) is 0 Å². The molecule has 6 heteroatoms. The molecule has 0 saturated heterocycles. The van der Waals surface area contributed by atoms with Gasteiger partial charge in [0.1, 0.15) is 10.8 Å². The highest BCUT2D eigenvalue weighted by Gasteiger charge is 2.15. The number of esters is 1. The van der Waals surface area contributed by atoms with Gasteiger partial charge in [0.25, 0.3) is 0 Å². The number of hydrogen-bond donors (Lipinski definition) is 1. The Morgan fingerprint density at radius 1 is 1.54 bits per heavy atom. The number of nitrogens with zero attached hydrogens (tertiary/aromatic N) is 1. The van der Waals surface area contributed by atoms with Gasteiger partial charge in [-0.2, -0.15) is 0 Å². The molecule has 0 radical (unpaired) electrons. The molecule has 0 aliphatic rings. The molecule has 0 atom stereocenters. The second-order valence-corrected chi connectivity index (χ2v) is 2.93. The quantitative estimate of drug-likeness (QED) is 0.733. The molecular formula is C7H6Cl2N2O2. The van der Waals surface area contributed by atoms with Crippen LogP contribution in [0.5, 0.6) is 0 Å². The van der Waals surface area contributed by atoms with Crippen molar-refractivity contribution in [1.82, 2.24) is 4.98 Å². The van der Waals surface area contributed by atoms with E-state index in [4.69, 9.17) is 28.9 Å². The molecule has 13 heavy (non-hydrogen) atoms. The standard InChI is InChI=1S/C7H6Cl2N2O2/c1-13-7(12)3-2-11-6(10)5(9)4(3)8/h2H,1H3,(H2,10,11). The number of ether oxygens (including phenoxy) is 1. The van der Waals surface area contributed by atoms with Crippen LogP contribution < -0.4 is 5.73 Å². The van der Waals surface area contributed by atoms with E-state index in [1.54, 1.807) is 0 Å². The maximum Gasteiger partial charge on any atom is 0.341 e. The Balaban J connectivity index is 3.26. The number of carbonyl (C=O) groups is 1. The number of halogens is 2. The molecule has 0 unspecified atom stereocenters. The number of pyridine rings is 1. The first kappa shape index (κ1) is 10.1. The predicted molar refractivity (Wildman–Crippen MR) is 50.0 cm³/mol. The summed E-state index contributed by atoms with van der Waals surface area (Å²) >= 11 is 11.4. The minimum atomic E-state index is -0.598. The molecule has 4 nitrogen and oxygen atoms in total. The van der Waals surface area contributed by atoms with Gasteiger partial charge in [0, 0.05) is 6.20 Å². The number of methoxy groups -OCH3 is 1. The summed E-state index contributed by atoms with van der Waals surface area (Å²) in [5.74, 6) is -0.515. The normalized spacial score (nSPS) is 9.77. The summed E-state index contributed by atoms with van der Waals surface area (Å²) in [6.07, 6.45) is 1.22. The van der Waals surface area contributed by atoms with Crippen molar-refractivity contribution < 1.29 is 9.53 Å². The van der Waals surface area contributed by atoms with Gasteiger partial charge in [-0.25, -0.2) is 9.78 Å². The number of carbonyl (C=O) groups excluding carboxylic acids is 1. The van der Waals surface area contributed by atoms with Crippen LogP contribution in [0.25, 0.3) is 0 Å². The number of anilines is 1. The smallest absolute Gasteiger partial charge is 0.341 e. The van der Waals surface area contributed by atoms with Crippen LogP contribution in [0.3, 0.4) is 0 Å². The van der Waals surface area contributed by atoms with E-state index in [-0.39, 0.29) is 21.4 Å². The molecule has 70 valence electrons. The number of nitrogens with two attached hydrogens (primary N) is 1. The van der Waals surface area contributed by atoms with Crippen molar-refractivity contribution in [3.8, 4) is 0 Å². The number of hydrogen-bond acceptors (Lipinski definition) is 4. The van der Waals surface area contributed by atoms with E-state index in [0.717, 1.165) is 0 Å². The van der Waals surface area contributed by atoms with Gasteiger partial charge >= 0.3 is 5.97 Å². The zero-order valence-electron chi connectivity index (χ0n) is 6.67. The lowest BCUT2D eigenvalue weighted by Crippen LogP contribution is -2.04. The van der Waals surface area contributed by atoms with Crippen molar-refractivity contribution in [2.75, 3.05) is 12.8 Å². The Morgan fingerprint density at radius 2 is 2.15 bits per heavy atom. The van der Waals surface area contributed by atoms with Gasteiger partial charge in [0.05, 0.1) is 17.7 Å². The average Bonchev–Trinajstić information content (AvgIpc) is 2.13. The molecule has 1 aromatic heterocycles. The molecular weight excluding hydrogens is 215 g/mol. The Labute approximate surface area is 84.6 Å². The first-order valence-corrected chi connectivity index (χ1v) is 4.01. The summed E-state index contributed by atoms with van der Waals surface area (Å²) in [5.41, 5.74) is 5.45. The SMILES string of the molecule is COC(=O)c1cnc(N)c(Cl)c1Cl. The van der Waals surface area contributed by atoms with Crippen molar-refractivity contribution in [3.05, 3.63) is 21.8 Å². The number of rotatable bonds is 1. The van der Waals surface area contributed by atoms with Crippen LogP contribution in [0.4, 0.5) is 5.82 Å². The molecule has 0 bridgehead atoms. The lowest BCUT2D eigenvalue weighted by molar-refractivity contribution is 0.0600. The molecule has 0 spiro atoms. The third-order valence-corrected chi connectivity index (χ3v) is 2.26. The van der Waals surface area contributed by atoms with E-state index < -0.39 is 5.97 Å². The van der Waals surface area contributed by atoms with E-state index in [1.165, 1.54) is 13.3 Å². The minimum Gasteiger partial charge on any atom is -0.465 e. The summed E-state index contributed by atoms with van der Waals surface area (Å²) in [6, 6.07) is 0. The van der Waals surface area contributed by atoms with Crippen LogP contribution in [0, 0.1) is 0 Å². The van der Waals surface area contributed by atoms with Crippen LogP contribution in [0.1, 0.15) is 10.4 Å². The van der Waals surface area contributed by atoms with Crippen molar-refractivity contribution in [2.24, 2.45) is 0 Å². The van der Waals surface area contributed by atoms with Gasteiger partial charge in [-0.1, -0.05) is 23.2 Å². The molecule has 0 fully saturated rings. The first-order chi connectivity index (χ1) is 6.07. The maximum atomic E-state index is 11.1. The van der Waals surface area contributed by atoms with Crippen LogP contribution in [-0.2, 0) is 4.74 Å². The Morgan fingerprint density at radius 3 is 2.69 bits per heavy atom. The van der Waals surface area contributed by atoms with Crippen LogP contribution in [0.15, 0.2) is 6.20 Å². The largest absolute Gasteiger partial charge is 0.465 e. The second-order valence-electron chi connectivity index (χ2n) is 2.18. The van der Waals surface area contributed by atoms with E-state index in [9.17, 15) is 4.79 Å². The Hall–Kier alpha value is -1.00. The average molecular weight is 221 g/mol. The third kappa shape index (κ3) is 1.84. The topological polar surface area (TPSA) is 65.2 Å².